The highest BCUT2D eigenvalue weighted by molar-refractivity contribution is 9.11. The van der Waals surface area contributed by atoms with Gasteiger partial charge in [-0.05, 0) is 150 Å². The van der Waals surface area contributed by atoms with Crippen LogP contribution in [-0.2, 0) is 24.2 Å². The Morgan fingerprint density at radius 2 is 0.932 bits per heavy atom. The molecule has 0 amide bonds. The molecular formula is C58H93B2BrF2N2O5S3. The molecule has 1 aromatic carbocycles. The van der Waals surface area contributed by atoms with Gasteiger partial charge in [0.15, 0.2) is 11.6 Å². The van der Waals surface area contributed by atoms with Crippen molar-refractivity contribution in [2.75, 3.05) is 0 Å². The van der Waals surface area contributed by atoms with Crippen LogP contribution >= 0.6 is 50.3 Å². The van der Waals surface area contributed by atoms with Crippen LogP contribution < -0.4 is 15.7 Å². The minimum Gasteiger partial charge on any atom is -0.481 e. The van der Waals surface area contributed by atoms with Gasteiger partial charge in [0.05, 0.1) is 58.6 Å². The Labute approximate surface area is 462 Å². The zero-order valence-electron chi connectivity index (χ0n) is 47.0. The second-order valence-corrected chi connectivity index (χ2v) is 29.0. The van der Waals surface area contributed by atoms with E-state index in [1.54, 1.807) is 0 Å². The average Bonchev–Trinajstić information content (AvgIpc) is 4.10. The van der Waals surface area contributed by atoms with Crippen molar-refractivity contribution < 1.29 is 32.1 Å². The van der Waals surface area contributed by atoms with Crippen molar-refractivity contribution in [1.82, 2.24) is 8.75 Å². The molecule has 0 N–H and O–H groups in total. The summed E-state index contributed by atoms with van der Waals surface area (Å²) in [7, 11) is -2.21. The van der Waals surface area contributed by atoms with Gasteiger partial charge in [0.1, 0.15) is 22.4 Å². The minimum absolute atomic E-state index is 0. The molecule has 4 atom stereocenters. The van der Waals surface area contributed by atoms with Crippen LogP contribution in [0.4, 0.5) is 8.78 Å². The second kappa shape index (κ2) is 26.0. The Kier molecular flexibility index (Phi) is 22.2. The van der Waals surface area contributed by atoms with Crippen molar-refractivity contribution in [3.8, 4) is 15.5 Å². The Hall–Kier alpha value is -1.45. The minimum atomic E-state index is -1.10. The Bertz CT molecular complexity index is 2220. The van der Waals surface area contributed by atoms with Crippen molar-refractivity contribution in [3.63, 3.8) is 0 Å². The molecule has 4 aromatic rings. The van der Waals surface area contributed by atoms with Crippen LogP contribution in [0.25, 0.3) is 20.8 Å². The first-order chi connectivity index (χ1) is 33.7. The number of fused-ring (bicyclic) bond motifs is 4. The van der Waals surface area contributed by atoms with Gasteiger partial charge in [-0.15, -0.1) is 22.7 Å². The lowest BCUT2D eigenvalue weighted by Crippen LogP contribution is -2.44. The molecule has 2 saturated heterocycles. The molecule has 0 bridgehead atoms. The molecule has 15 heteroatoms. The molecule has 3 aromatic heterocycles. The normalized spacial score (nSPS) is 21.1. The van der Waals surface area contributed by atoms with Crippen LogP contribution in [0.3, 0.4) is 0 Å². The number of benzene rings is 1. The topological polar surface area (TPSA) is 71.9 Å². The van der Waals surface area contributed by atoms with E-state index in [0.29, 0.717) is 0 Å². The van der Waals surface area contributed by atoms with Crippen LogP contribution in [0.2, 0.25) is 0 Å². The number of nitrogens with zero attached hydrogens (tertiary/aromatic N) is 2. The monoisotopic (exact) mass is 1130 g/mol. The molecule has 0 aliphatic carbocycles. The number of hydrogen-bond acceptors (Lipinski definition) is 10. The Morgan fingerprint density at radius 1 is 0.562 bits per heavy atom. The molecule has 7 rings (SSSR count). The summed E-state index contributed by atoms with van der Waals surface area (Å²) in [4.78, 5) is 2.79. The third-order valence-electron chi connectivity index (χ3n) is 16.8. The maximum absolute atomic E-state index is 15.4. The number of aromatic nitrogens is 2. The fourth-order valence-electron chi connectivity index (χ4n) is 10.4. The Morgan fingerprint density at radius 3 is 1.32 bits per heavy atom. The highest BCUT2D eigenvalue weighted by Crippen LogP contribution is 2.56. The summed E-state index contributed by atoms with van der Waals surface area (Å²) in [6.45, 7) is 34.1. The fraction of sp³-hybridized carbons (Fsp3) is 0.759. The predicted molar refractivity (Wildman–Crippen MR) is 313 cm³/mol. The molecule has 2 fully saturated rings. The highest BCUT2D eigenvalue weighted by atomic mass is 79.9. The Balaban J connectivity index is 0.000000286. The molecule has 6 heterocycles. The lowest BCUT2D eigenvalue weighted by molar-refractivity contribution is 0.00578. The van der Waals surface area contributed by atoms with Gasteiger partial charge in [-0.25, -0.2) is 8.78 Å². The van der Waals surface area contributed by atoms with E-state index in [4.69, 9.17) is 23.4 Å². The zero-order valence-corrected chi connectivity index (χ0v) is 51.0. The lowest BCUT2D eigenvalue weighted by atomic mass is 9.71. The molecule has 410 valence electrons. The molecule has 7 nitrogen and oxygen atoms in total. The zero-order chi connectivity index (χ0) is 53.0. The molecule has 3 aliphatic heterocycles. The number of ether oxygens (including phenoxy) is 1. The molecule has 73 heavy (non-hydrogen) atoms. The van der Waals surface area contributed by atoms with E-state index in [0.717, 1.165) is 65.8 Å². The molecule has 0 radical (unpaired) electrons. The van der Waals surface area contributed by atoms with Gasteiger partial charge < -0.3 is 23.4 Å². The third kappa shape index (κ3) is 15.2. The van der Waals surface area contributed by atoms with E-state index in [-0.39, 0.29) is 35.0 Å². The van der Waals surface area contributed by atoms with Gasteiger partial charge in [-0.1, -0.05) is 140 Å². The largest absolute Gasteiger partial charge is 0.500 e. The molecular weight excluding hydrogens is 1040 g/mol. The average molecular weight is 1130 g/mol. The highest BCUT2D eigenvalue weighted by Gasteiger charge is 2.56. The first-order valence-corrected chi connectivity index (χ1v) is 30.8. The summed E-state index contributed by atoms with van der Waals surface area (Å²) in [5, 5.41) is 2.22. The van der Waals surface area contributed by atoms with Gasteiger partial charge >= 0.3 is 14.2 Å². The third-order valence-corrected chi connectivity index (χ3v) is 20.0. The first-order valence-electron chi connectivity index (χ1n) is 27.6. The molecule has 0 spiro atoms. The number of thiophene rings is 2. The van der Waals surface area contributed by atoms with E-state index >= 15 is 8.78 Å². The number of hydrogen-bond donors (Lipinski definition) is 0. The lowest BCUT2D eigenvalue weighted by Gasteiger charge is -2.39. The maximum Gasteiger partial charge on any atom is 0.500 e. The smallest absolute Gasteiger partial charge is 0.481 e. The predicted octanol–water partition coefficient (Wildman–Crippen LogP) is 18.1. The maximum atomic E-state index is 15.4. The van der Waals surface area contributed by atoms with Gasteiger partial charge in [-0.3, -0.25) is 0 Å². The summed E-state index contributed by atoms with van der Waals surface area (Å²) in [5.74, 6) is 3.84. The first kappa shape index (κ1) is 62.4. The summed E-state index contributed by atoms with van der Waals surface area (Å²) < 4.78 is 71.3. The van der Waals surface area contributed by atoms with Crippen LogP contribution in [0.15, 0.2) is 21.3 Å². The van der Waals surface area contributed by atoms with Crippen molar-refractivity contribution in [3.05, 3.63) is 38.5 Å². The molecule has 3 aliphatic rings. The van der Waals surface area contributed by atoms with E-state index < -0.39 is 48.3 Å². The van der Waals surface area contributed by atoms with Crippen LogP contribution in [0.1, 0.15) is 227 Å². The summed E-state index contributed by atoms with van der Waals surface area (Å²) in [5.41, 5.74) is -1.37. The molecule has 0 saturated carbocycles. The second-order valence-electron chi connectivity index (χ2n) is 25.1. The molecule has 4 unspecified atom stereocenters. The van der Waals surface area contributed by atoms with Crippen LogP contribution in [0, 0.1) is 47.1 Å². The summed E-state index contributed by atoms with van der Waals surface area (Å²) >= 11 is 8.46. The van der Waals surface area contributed by atoms with Crippen LogP contribution in [-0.4, -0.2) is 45.4 Å². The fourth-order valence-corrected chi connectivity index (χ4v) is 13.7. The van der Waals surface area contributed by atoms with Crippen LogP contribution in [0.5, 0.6) is 5.75 Å². The van der Waals surface area contributed by atoms with Crippen molar-refractivity contribution in [2.45, 2.75) is 249 Å². The van der Waals surface area contributed by atoms with E-state index in [1.165, 1.54) is 109 Å². The standard InChI is InChI=1S/C39H65BrOS2.C18H24B2F2N2O4S.CH4/c1-28(2)13-9-15-30(5)17-11-19-32(7)21-24-39(25-22-33(8)20-12-18-31(6)16-10-14-29(3)4)34-27-36(40)43-37(34)38-35(41-39)23-26-42-38;1-15(2)16(3,4)26-19(25-15)9-11(21)12(22)10(14-13(9)23-29-24-14)20-27-17(5,6)18(7,8)28-20;/h23,26-33H,9-22,24-25H2,1-8H3;1-8H3;1H4. The van der Waals surface area contributed by atoms with E-state index in [9.17, 15) is 0 Å². The van der Waals surface area contributed by atoms with E-state index in [2.05, 4.69) is 97.6 Å². The SMILES string of the molecule is C.CC(C)CCCC(C)CCCC(C)CCC1(CCC(C)CCCC(C)CCCC(C)C)Oc2ccsc2-c2sc(Br)cc21.CC1(C)OB(c2c(F)c(F)c(B3OC(C)(C)C(C)(C)O3)c3nsnc23)OC1(C)C. The van der Waals surface area contributed by atoms with Crippen molar-refractivity contribution >= 4 is 86.5 Å². The quantitative estimate of drug-likeness (QED) is 0.0647. The van der Waals surface area contributed by atoms with E-state index in [1.807, 2.05) is 78.1 Å². The van der Waals surface area contributed by atoms with Gasteiger partial charge in [-0.2, -0.15) is 8.75 Å². The van der Waals surface area contributed by atoms with Crippen molar-refractivity contribution in [2.24, 2.45) is 35.5 Å². The van der Waals surface area contributed by atoms with Gasteiger partial charge in [0, 0.05) is 5.56 Å². The number of rotatable bonds is 24. The van der Waals surface area contributed by atoms with Gasteiger partial charge in [0.25, 0.3) is 0 Å². The van der Waals surface area contributed by atoms with Crippen molar-refractivity contribution in [1.29, 1.82) is 0 Å². The van der Waals surface area contributed by atoms with Gasteiger partial charge in [0.2, 0.25) is 0 Å². The summed E-state index contributed by atoms with van der Waals surface area (Å²) in [6, 6.07) is 4.62. The number of halogens is 3. The summed E-state index contributed by atoms with van der Waals surface area (Å²) in [6.07, 6.45) is 21.3.